The van der Waals surface area contributed by atoms with Crippen LogP contribution in [0, 0.1) is 5.82 Å². The topological polar surface area (TPSA) is 51.1 Å². The highest BCUT2D eigenvalue weighted by atomic mass is 32.2. The van der Waals surface area contributed by atoms with Crippen LogP contribution >= 0.6 is 11.8 Å². The highest BCUT2D eigenvalue weighted by molar-refractivity contribution is 8.19. The van der Waals surface area contributed by atoms with Gasteiger partial charge in [0.15, 0.2) is 5.17 Å². The fourth-order valence-electron chi connectivity index (χ4n) is 3.02. The number of thioether (sulfide) groups is 1. The number of methoxy groups -OCH3 is 2. The predicted octanol–water partition coefficient (Wildman–Crippen LogP) is 5.65. The van der Waals surface area contributed by atoms with E-state index in [2.05, 4.69) is 4.99 Å². The molecule has 0 atom stereocenters. The smallest absolute Gasteiger partial charge is 0.271 e. The molecule has 3 aromatic rings. The van der Waals surface area contributed by atoms with E-state index in [1.807, 2.05) is 24.3 Å². The van der Waals surface area contributed by atoms with Crippen molar-refractivity contribution in [3.05, 3.63) is 89.1 Å². The molecular weight excluding hydrogens is 415 g/mol. The zero-order valence-corrected chi connectivity index (χ0v) is 17.7. The number of ether oxygens (including phenoxy) is 2. The lowest BCUT2D eigenvalue weighted by molar-refractivity contribution is -0.113. The van der Waals surface area contributed by atoms with Gasteiger partial charge in [0.05, 0.1) is 30.5 Å². The molecule has 0 spiro atoms. The molecular formula is C24H19FN2O3S. The molecule has 3 aromatic carbocycles. The Bertz CT molecular complexity index is 1160. The van der Waals surface area contributed by atoms with Gasteiger partial charge in [0.2, 0.25) is 0 Å². The van der Waals surface area contributed by atoms with Crippen LogP contribution in [0.3, 0.4) is 0 Å². The molecule has 0 aromatic heterocycles. The number of amides is 1. The lowest BCUT2D eigenvalue weighted by atomic mass is 10.2. The number of anilines is 1. The Morgan fingerprint density at radius 3 is 2.19 bits per heavy atom. The largest absolute Gasteiger partial charge is 0.497 e. The summed E-state index contributed by atoms with van der Waals surface area (Å²) in [6, 6.07) is 20.5. The lowest BCUT2D eigenvalue weighted by Crippen LogP contribution is -2.28. The number of hydrogen-bond donors (Lipinski definition) is 0. The number of rotatable bonds is 5. The molecule has 0 radical (unpaired) electrons. The summed E-state index contributed by atoms with van der Waals surface area (Å²) < 4.78 is 24.0. The van der Waals surface area contributed by atoms with Gasteiger partial charge in [-0.25, -0.2) is 9.38 Å². The summed E-state index contributed by atoms with van der Waals surface area (Å²) in [5.74, 6) is 0.820. The SMILES string of the molecule is COc1ccc(N=C2S/C(=C/c3cccc(F)c3)C(=O)N2c2ccc(OC)cc2)cc1. The van der Waals surface area contributed by atoms with Gasteiger partial charge in [0, 0.05) is 0 Å². The molecule has 1 amide bonds. The first-order valence-corrected chi connectivity index (χ1v) is 10.3. The molecule has 0 unspecified atom stereocenters. The maximum atomic E-state index is 13.6. The van der Waals surface area contributed by atoms with Crippen molar-refractivity contribution in [2.24, 2.45) is 4.99 Å². The van der Waals surface area contributed by atoms with Crippen molar-refractivity contribution in [2.45, 2.75) is 0 Å². The molecule has 31 heavy (non-hydrogen) atoms. The standard InChI is InChI=1S/C24H19FN2O3S/c1-29-20-10-6-18(7-11-20)26-24-27(19-8-12-21(30-2)13-9-19)23(28)22(31-24)15-16-4-3-5-17(25)14-16/h3-15H,1-2H3/b22-15+,26-24?. The van der Waals surface area contributed by atoms with Gasteiger partial charge in [-0.3, -0.25) is 9.69 Å². The van der Waals surface area contributed by atoms with E-state index in [1.165, 1.54) is 23.9 Å². The second-order valence-corrected chi connectivity index (χ2v) is 7.61. The van der Waals surface area contributed by atoms with Gasteiger partial charge in [-0.1, -0.05) is 12.1 Å². The Kier molecular flexibility index (Phi) is 6.04. The van der Waals surface area contributed by atoms with Gasteiger partial charge in [-0.2, -0.15) is 0 Å². The molecule has 1 aliphatic heterocycles. The Morgan fingerprint density at radius 2 is 1.58 bits per heavy atom. The molecule has 7 heteroatoms. The highest BCUT2D eigenvalue weighted by Crippen LogP contribution is 2.38. The summed E-state index contributed by atoms with van der Waals surface area (Å²) in [5.41, 5.74) is 1.95. The van der Waals surface area contributed by atoms with Crippen molar-refractivity contribution in [2.75, 3.05) is 19.1 Å². The second-order valence-electron chi connectivity index (χ2n) is 6.60. The lowest BCUT2D eigenvalue weighted by Gasteiger charge is -2.16. The quantitative estimate of drug-likeness (QED) is 0.487. The minimum Gasteiger partial charge on any atom is -0.497 e. The number of aliphatic imine (C=N–C) groups is 1. The van der Waals surface area contributed by atoms with Crippen LogP contribution in [0.4, 0.5) is 15.8 Å². The molecule has 1 fully saturated rings. The van der Waals surface area contributed by atoms with Gasteiger partial charge in [-0.05, 0) is 84.1 Å². The van der Waals surface area contributed by atoms with Crippen molar-refractivity contribution in [1.82, 2.24) is 0 Å². The van der Waals surface area contributed by atoms with Crippen LogP contribution < -0.4 is 14.4 Å². The minimum absolute atomic E-state index is 0.230. The molecule has 1 saturated heterocycles. The van der Waals surface area contributed by atoms with E-state index in [0.717, 1.165) is 5.75 Å². The third-order valence-corrected chi connectivity index (χ3v) is 5.55. The fourth-order valence-corrected chi connectivity index (χ4v) is 4.02. The molecule has 1 heterocycles. The highest BCUT2D eigenvalue weighted by Gasteiger charge is 2.34. The summed E-state index contributed by atoms with van der Waals surface area (Å²) in [5, 5.41) is 0.503. The molecule has 0 N–H and O–H groups in total. The molecule has 0 aliphatic carbocycles. The third-order valence-electron chi connectivity index (χ3n) is 4.58. The van der Waals surface area contributed by atoms with Crippen LogP contribution in [0.15, 0.2) is 82.7 Å². The van der Waals surface area contributed by atoms with Crippen LogP contribution in [0.25, 0.3) is 6.08 Å². The van der Waals surface area contributed by atoms with Gasteiger partial charge in [-0.15, -0.1) is 0 Å². The van der Waals surface area contributed by atoms with E-state index in [9.17, 15) is 9.18 Å². The second kappa shape index (κ2) is 9.06. The van der Waals surface area contributed by atoms with Crippen molar-refractivity contribution < 1.29 is 18.7 Å². The first-order valence-electron chi connectivity index (χ1n) is 9.44. The van der Waals surface area contributed by atoms with Gasteiger partial charge in [0.1, 0.15) is 17.3 Å². The number of carbonyl (C=O) groups is 1. The zero-order chi connectivity index (χ0) is 21.8. The number of carbonyl (C=O) groups excluding carboxylic acids is 1. The summed E-state index contributed by atoms with van der Waals surface area (Å²) in [4.78, 5) is 19.9. The minimum atomic E-state index is -0.357. The maximum Gasteiger partial charge on any atom is 0.271 e. The van der Waals surface area contributed by atoms with Crippen molar-refractivity contribution >= 4 is 40.3 Å². The summed E-state index contributed by atoms with van der Waals surface area (Å²) in [6.07, 6.45) is 1.67. The summed E-state index contributed by atoms with van der Waals surface area (Å²) in [7, 11) is 3.18. The molecule has 1 aliphatic rings. The maximum absolute atomic E-state index is 13.6. The summed E-state index contributed by atoms with van der Waals surface area (Å²) >= 11 is 1.24. The predicted molar refractivity (Wildman–Crippen MR) is 123 cm³/mol. The normalized spacial score (nSPS) is 16.2. The first kappa shape index (κ1) is 20.7. The van der Waals surface area contributed by atoms with E-state index in [0.29, 0.717) is 32.8 Å². The van der Waals surface area contributed by atoms with E-state index < -0.39 is 0 Å². The van der Waals surface area contributed by atoms with Gasteiger partial charge < -0.3 is 9.47 Å². The first-order chi connectivity index (χ1) is 15.1. The number of hydrogen-bond acceptors (Lipinski definition) is 5. The van der Waals surface area contributed by atoms with Gasteiger partial charge in [0.25, 0.3) is 5.91 Å². The monoisotopic (exact) mass is 434 g/mol. The zero-order valence-electron chi connectivity index (χ0n) is 16.9. The summed E-state index contributed by atoms with van der Waals surface area (Å²) in [6.45, 7) is 0. The number of nitrogens with zero attached hydrogens (tertiary/aromatic N) is 2. The van der Waals surface area contributed by atoms with Crippen molar-refractivity contribution in [3.8, 4) is 11.5 Å². The average Bonchev–Trinajstić information content (AvgIpc) is 3.09. The molecule has 5 nitrogen and oxygen atoms in total. The van der Waals surface area contributed by atoms with E-state index in [1.54, 1.807) is 61.6 Å². The number of halogens is 1. The molecule has 156 valence electrons. The molecule has 0 bridgehead atoms. The molecule has 4 rings (SSSR count). The van der Waals surface area contributed by atoms with Crippen molar-refractivity contribution in [1.29, 1.82) is 0 Å². The number of amidine groups is 1. The fraction of sp³-hybridized carbons (Fsp3) is 0.0833. The van der Waals surface area contributed by atoms with E-state index in [-0.39, 0.29) is 11.7 Å². The Morgan fingerprint density at radius 1 is 0.935 bits per heavy atom. The third kappa shape index (κ3) is 4.62. The van der Waals surface area contributed by atoms with E-state index in [4.69, 9.17) is 9.47 Å². The number of benzene rings is 3. The Labute approximate surface area is 183 Å². The van der Waals surface area contributed by atoms with Crippen molar-refractivity contribution in [3.63, 3.8) is 0 Å². The van der Waals surface area contributed by atoms with Crippen LogP contribution in [-0.4, -0.2) is 25.3 Å². The van der Waals surface area contributed by atoms with Gasteiger partial charge >= 0.3 is 0 Å². The van der Waals surface area contributed by atoms with E-state index >= 15 is 0 Å². The average molecular weight is 434 g/mol. The molecule has 0 saturated carbocycles. The van der Waals surface area contributed by atoms with Crippen LogP contribution in [0.1, 0.15) is 5.56 Å². The Balaban J connectivity index is 1.75. The van der Waals surface area contributed by atoms with Crippen LogP contribution in [-0.2, 0) is 4.79 Å². The Hall–Kier alpha value is -3.58. The van der Waals surface area contributed by atoms with Crippen LogP contribution in [0.2, 0.25) is 0 Å². The van der Waals surface area contributed by atoms with Crippen LogP contribution in [0.5, 0.6) is 11.5 Å².